The van der Waals surface area contributed by atoms with Crippen molar-refractivity contribution in [2.75, 3.05) is 58.3 Å². The summed E-state index contributed by atoms with van der Waals surface area (Å²) in [5.74, 6) is 1.27. The first-order chi connectivity index (χ1) is 22.1. The van der Waals surface area contributed by atoms with Gasteiger partial charge in [-0.3, -0.25) is 23.8 Å². The second kappa shape index (κ2) is 12.9. The maximum atomic E-state index is 5.23. The van der Waals surface area contributed by atoms with Gasteiger partial charge in [-0.1, -0.05) is 24.3 Å². The van der Waals surface area contributed by atoms with Crippen LogP contribution >= 0.6 is 0 Å². The third-order valence-corrected chi connectivity index (χ3v) is 8.90. The van der Waals surface area contributed by atoms with E-state index in [9.17, 15) is 0 Å². The molecule has 0 radical (unpaired) electrons. The lowest BCUT2D eigenvalue weighted by molar-refractivity contribution is 0.0948. The second-order valence-corrected chi connectivity index (χ2v) is 11.8. The third-order valence-electron chi connectivity index (χ3n) is 8.90. The zero-order valence-electron chi connectivity index (χ0n) is 26.4. The van der Waals surface area contributed by atoms with E-state index in [0.717, 1.165) is 123 Å². The lowest BCUT2D eigenvalue weighted by Crippen LogP contribution is -2.47. The topological polar surface area (TPSA) is 107 Å². The van der Waals surface area contributed by atoms with Crippen LogP contribution in [0.2, 0.25) is 0 Å². The van der Waals surface area contributed by atoms with Gasteiger partial charge in [-0.05, 0) is 30.9 Å². The van der Waals surface area contributed by atoms with E-state index in [2.05, 4.69) is 72.4 Å². The first kappa shape index (κ1) is 29.3. The van der Waals surface area contributed by atoms with Gasteiger partial charge in [0.25, 0.3) is 0 Å². The number of aryl methyl sites for hydroxylation is 4. The molecule has 1 aromatic carbocycles. The van der Waals surface area contributed by atoms with E-state index in [1.54, 1.807) is 7.11 Å². The zero-order valence-corrected chi connectivity index (χ0v) is 26.4. The van der Waals surface area contributed by atoms with Crippen LogP contribution < -0.4 is 5.32 Å². The lowest BCUT2D eigenvalue weighted by atomic mass is 9.91. The Morgan fingerprint density at radius 1 is 0.844 bits per heavy atom. The van der Waals surface area contributed by atoms with Gasteiger partial charge in [-0.2, -0.15) is 15.3 Å². The van der Waals surface area contributed by atoms with Crippen molar-refractivity contribution in [1.29, 1.82) is 0 Å². The number of nitrogens with zero attached hydrogens (tertiary/aromatic N) is 10. The van der Waals surface area contributed by atoms with E-state index >= 15 is 0 Å². The Hall–Kier alpha value is -4.39. The Labute approximate surface area is 263 Å². The van der Waals surface area contributed by atoms with Gasteiger partial charge >= 0.3 is 0 Å². The van der Waals surface area contributed by atoms with Gasteiger partial charge in [0.05, 0.1) is 36.4 Å². The highest BCUT2D eigenvalue weighted by Gasteiger charge is 2.27. The molecule has 2 aliphatic rings. The molecule has 0 amide bonds. The molecule has 1 fully saturated rings. The minimum Gasteiger partial charge on any atom is -0.383 e. The zero-order chi connectivity index (χ0) is 30.8. The summed E-state index contributed by atoms with van der Waals surface area (Å²) in [4.78, 5) is 14.6. The molecule has 234 valence electrons. The van der Waals surface area contributed by atoms with Crippen molar-refractivity contribution in [3.8, 4) is 33.6 Å². The second-order valence-electron chi connectivity index (χ2n) is 11.8. The fraction of sp³-hybridized carbons (Fsp3) is 0.424. The van der Waals surface area contributed by atoms with E-state index in [4.69, 9.17) is 14.8 Å². The van der Waals surface area contributed by atoms with Gasteiger partial charge in [-0.25, -0.2) is 9.97 Å². The normalized spacial score (nSPS) is 15.3. The Morgan fingerprint density at radius 3 is 2.38 bits per heavy atom. The van der Waals surface area contributed by atoms with E-state index in [1.807, 2.05) is 41.1 Å². The van der Waals surface area contributed by atoms with E-state index in [-0.39, 0.29) is 0 Å². The number of hydrogen-bond donors (Lipinski definition) is 1. The molecule has 7 rings (SSSR count). The average Bonchev–Trinajstić information content (AvgIpc) is 3.82. The van der Waals surface area contributed by atoms with Gasteiger partial charge in [-0.15, -0.1) is 0 Å². The summed E-state index contributed by atoms with van der Waals surface area (Å²) >= 11 is 0. The molecule has 45 heavy (non-hydrogen) atoms. The summed E-state index contributed by atoms with van der Waals surface area (Å²) in [5, 5.41) is 17.4. The lowest BCUT2D eigenvalue weighted by Gasteiger charge is -2.34. The molecule has 0 spiro atoms. The first-order valence-corrected chi connectivity index (χ1v) is 15.9. The molecular formula is C33H41N11O. The van der Waals surface area contributed by atoms with Crippen LogP contribution in [0.4, 0.5) is 11.8 Å². The predicted octanol–water partition coefficient (Wildman–Crippen LogP) is 3.73. The number of ether oxygens (including phenoxy) is 1. The molecular weight excluding hydrogens is 566 g/mol. The summed E-state index contributed by atoms with van der Waals surface area (Å²) in [6.07, 6.45) is 9.74. The molecule has 1 aliphatic heterocycles. The van der Waals surface area contributed by atoms with Crippen molar-refractivity contribution in [2.24, 2.45) is 7.05 Å². The molecule has 1 aliphatic carbocycles. The van der Waals surface area contributed by atoms with Gasteiger partial charge < -0.3 is 10.1 Å². The highest BCUT2D eigenvalue weighted by Crippen LogP contribution is 2.40. The fourth-order valence-corrected chi connectivity index (χ4v) is 6.33. The predicted molar refractivity (Wildman–Crippen MR) is 174 cm³/mol. The van der Waals surface area contributed by atoms with E-state index < -0.39 is 0 Å². The number of benzene rings is 1. The number of piperazine rings is 1. The van der Waals surface area contributed by atoms with Crippen LogP contribution in [0.3, 0.4) is 0 Å². The van der Waals surface area contributed by atoms with E-state index in [0.29, 0.717) is 5.95 Å². The quantitative estimate of drug-likeness (QED) is 0.240. The number of fused-ring (bicyclic) bond motifs is 3. The maximum Gasteiger partial charge on any atom is 0.228 e. The number of nitrogens with one attached hydrogen (secondary N) is 1. The number of hydrogen-bond acceptors (Lipinski definition) is 9. The molecule has 0 bridgehead atoms. The molecule has 0 unspecified atom stereocenters. The first-order valence-electron chi connectivity index (χ1n) is 15.9. The molecule has 12 heteroatoms. The van der Waals surface area contributed by atoms with Crippen LogP contribution in [0.25, 0.3) is 33.6 Å². The molecule has 4 aromatic heterocycles. The largest absolute Gasteiger partial charge is 0.383 e. The monoisotopic (exact) mass is 607 g/mol. The van der Waals surface area contributed by atoms with Crippen LogP contribution in [0.1, 0.15) is 18.2 Å². The van der Waals surface area contributed by atoms with Crippen molar-refractivity contribution in [3.05, 3.63) is 66.4 Å². The summed E-state index contributed by atoms with van der Waals surface area (Å²) in [7, 11) is 3.78. The molecule has 5 aromatic rings. The molecule has 1 saturated heterocycles. The highest BCUT2D eigenvalue weighted by atomic mass is 16.5. The summed E-state index contributed by atoms with van der Waals surface area (Å²) in [5.41, 5.74) is 8.67. The molecule has 0 atom stereocenters. The minimum absolute atomic E-state index is 0.537. The third kappa shape index (κ3) is 6.26. The Morgan fingerprint density at radius 2 is 1.62 bits per heavy atom. The van der Waals surface area contributed by atoms with Crippen LogP contribution in [0.15, 0.2) is 55.1 Å². The van der Waals surface area contributed by atoms with Gasteiger partial charge in [0.2, 0.25) is 5.95 Å². The summed E-state index contributed by atoms with van der Waals surface area (Å²) in [6.45, 7) is 11.0. The van der Waals surface area contributed by atoms with Crippen molar-refractivity contribution < 1.29 is 4.74 Å². The maximum absolute atomic E-state index is 5.23. The van der Waals surface area contributed by atoms with Gasteiger partial charge in [0.15, 0.2) is 5.82 Å². The minimum atomic E-state index is 0.537. The van der Waals surface area contributed by atoms with Crippen LogP contribution in [-0.2, 0) is 37.7 Å². The Kier molecular flexibility index (Phi) is 8.42. The van der Waals surface area contributed by atoms with Gasteiger partial charge in [0.1, 0.15) is 0 Å². The molecule has 12 nitrogen and oxygen atoms in total. The highest BCUT2D eigenvalue weighted by molar-refractivity contribution is 5.85. The molecule has 5 heterocycles. The van der Waals surface area contributed by atoms with Crippen molar-refractivity contribution in [3.63, 3.8) is 0 Å². The Bertz CT molecular complexity index is 1740. The molecule has 1 N–H and O–H groups in total. The summed E-state index contributed by atoms with van der Waals surface area (Å²) < 4.78 is 11.2. The number of rotatable bonds is 11. The smallest absolute Gasteiger partial charge is 0.228 e. The van der Waals surface area contributed by atoms with Crippen LogP contribution in [0, 0.1) is 0 Å². The Balaban J connectivity index is 1.05. The fourth-order valence-electron chi connectivity index (χ4n) is 6.33. The number of methoxy groups -OCH3 is 1. The standard InChI is InChI=1S/C33H41N11O/c1-4-43-12-11-29(39-43)36-33-34-21-26-9-10-28-30(31(26)37-33)32(40(2)38-28)25-7-5-24(6-8-25)27-22-35-44(23-27)18-17-41-13-15-42(16-14-41)19-20-45-3/h5-8,11-12,21-23H,4,9-10,13-20H2,1-3H3,(H,34,36,37,39). The van der Waals surface area contributed by atoms with Gasteiger partial charge in [0, 0.05) is 101 Å². The van der Waals surface area contributed by atoms with Crippen molar-refractivity contribution >= 4 is 11.8 Å². The summed E-state index contributed by atoms with van der Waals surface area (Å²) in [6, 6.07) is 10.6. The van der Waals surface area contributed by atoms with Crippen molar-refractivity contribution in [2.45, 2.75) is 32.9 Å². The number of aromatic nitrogens is 8. The van der Waals surface area contributed by atoms with Crippen molar-refractivity contribution in [1.82, 2.24) is 49.1 Å². The average molecular weight is 608 g/mol. The molecule has 0 saturated carbocycles. The van der Waals surface area contributed by atoms with Crippen LogP contribution in [-0.4, -0.2) is 102 Å². The van der Waals surface area contributed by atoms with Crippen LogP contribution in [0.5, 0.6) is 0 Å². The SMILES string of the molecule is CCn1ccc(Nc2ncc3c(n2)-c2c(nn(C)c2-c2ccc(-c4cnn(CCN5CCN(CCOC)CC5)c4)cc2)CC3)n1. The number of anilines is 2. The van der Waals surface area contributed by atoms with E-state index in [1.165, 1.54) is 0 Å².